The van der Waals surface area contributed by atoms with Crippen molar-refractivity contribution in [2.45, 2.75) is 44.1 Å². The van der Waals surface area contributed by atoms with Gasteiger partial charge in [0, 0.05) is 23.2 Å². The zero-order valence-electron chi connectivity index (χ0n) is 10.9. The Bertz CT molecular complexity index is 466. The summed E-state index contributed by atoms with van der Waals surface area (Å²) in [5.74, 6) is 0.266. The van der Waals surface area contributed by atoms with Crippen LogP contribution in [-0.4, -0.2) is 23.0 Å². The molecule has 3 nitrogen and oxygen atoms in total. The maximum absolute atomic E-state index is 12.5. The number of hydrogen-bond acceptors (Lipinski definition) is 3. The number of aromatic nitrogens is 1. The lowest BCUT2D eigenvalue weighted by molar-refractivity contribution is -0.0866. The highest BCUT2D eigenvalue weighted by Gasteiger charge is 2.42. The van der Waals surface area contributed by atoms with E-state index in [0.29, 0.717) is 12.3 Å². The van der Waals surface area contributed by atoms with Gasteiger partial charge in [0.1, 0.15) is 5.69 Å². The molecule has 2 fully saturated rings. The van der Waals surface area contributed by atoms with E-state index in [4.69, 9.17) is 4.74 Å². The van der Waals surface area contributed by atoms with Gasteiger partial charge in [-0.3, -0.25) is 9.78 Å². The van der Waals surface area contributed by atoms with Gasteiger partial charge in [-0.25, -0.2) is 0 Å². The summed E-state index contributed by atoms with van der Waals surface area (Å²) in [4.78, 5) is 16.7. The molecule has 0 bridgehead atoms. The van der Waals surface area contributed by atoms with Crippen molar-refractivity contribution in [3.63, 3.8) is 0 Å². The number of nitrogens with zero attached hydrogens (tertiary/aromatic N) is 1. The number of pyridine rings is 1. The van der Waals surface area contributed by atoms with E-state index < -0.39 is 0 Å². The van der Waals surface area contributed by atoms with E-state index in [2.05, 4.69) is 20.9 Å². The van der Waals surface area contributed by atoms with Crippen molar-refractivity contribution in [3.8, 4) is 0 Å². The van der Waals surface area contributed by atoms with Crippen molar-refractivity contribution in [1.82, 2.24) is 4.98 Å². The first-order valence-electron chi connectivity index (χ1n) is 6.98. The van der Waals surface area contributed by atoms with Crippen LogP contribution in [0, 0.1) is 5.92 Å². The SMILES string of the molecule is O=C(c1ccc(Br)cn1)C1CCOC2(CCCC2)C1. The zero-order valence-corrected chi connectivity index (χ0v) is 12.5. The highest BCUT2D eigenvalue weighted by molar-refractivity contribution is 9.10. The number of rotatable bonds is 2. The standard InChI is InChI=1S/C15H18BrNO2/c16-12-3-4-13(17-10-12)14(18)11-5-8-19-15(9-11)6-1-2-7-15/h3-4,10-11H,1-2,5-9H2. The predicted octanol–water partition coefficient (Wildman–Crippen LogP) is 3.77. The highest BCUT2D eigenvalue weighted by Crippen LogP contribution is 2.42. The van der Waals surface area contributed by atoms with Gasteiger partial charge in [0.25, 0.3) is 0 Å². The molecule has 3 rings (SSSR count). The van der Waals surface area contributed by atoms with Crippen LogP contribution in [0.2, 0.25) is 0 Å². The van der Waals surface area contributed by atoms with E-state index >= 15 is 0 Å². The Morgan fingerprint density at radius 3 is 2.84 bits per heavy atom. The Balaban J connectivity index is 1.74. The third-order valence-electron chi connectivity index (χ3n) is 4.36. The third kappa shape index (κ3) is 2.75. The fourth-order valence-corrected chi connectivity index (χ4v) is 3.58. The molecule has 1 unspecified atom stereocenters. The number of carbonyl (C=O) groups is 1. The molecule has 1 aliphatic carbocycles. The van der Waals surface area contributed by atoms with Crippen LogP contribution < -0.4 is 0 Å². The van der Waals surface area contributed by atoms with Crippen molar-refractivity contribution < 1.29 is 9.53 Å². The van der Waals surface area contributed by atoms with E-state index in [1.54, 1.807) is 6.20 Å². The van der Waals surface area contributed by atoms with Gasteiger partial charge in [-0.1, -0.05) is 12.8 Å². The van der Waals surface area contributed by atoms with Gasteiger partial charge in [-0.2, -0.15) is 0 Å². The summed E-state index contributed by atoms with van der Waals surface area (Å²) >= 11 is 3.35. The Kier molecular flexibility index (Phi) is 3.72. The van der Waals surface area contributed by atoms with Crippen molar-refractivity contribution in [2.24, 2.45) is 5.92 Å². The fraction of sp³-hybridized carbons (Fsp3) is 0.600. The molecule has 1 saturated carbocycles. The molecular formula is C15H18BrNO2. The number of Topliss-reactive ketones (excluding diaryl/α,β-unsaturated/α-hetero) is 1. The van der Waals surface area contributed by atoms with Crippen molar-refractivity contribution in [2.75, 3.05) is 6.61 Å². The van der Waals surface area contributed by atoms with E-state index in [0.717, 1.165) is 30.2 Å². The van der Waals surface area contributed by atoms with Crippen LogP contribution in [0.15, 0.2) is 22.8 Å². The quantitative estimate of drug-likeness (QED) is 0.778. The monoisotopic (exact) mass is 323 g/mol. The average Bonchev–Trinajstić information content (AvgIpc) is 2.87. The van der Waals surface area contributed by atoms with Crippen LogP contribution in [0.1, 0.15) is 49.0 Å². The summed E-state index contributed by atoms with van der Waals surface area (Å²) in [6.45, 7) is 0.715. The maximum Gasteiger partial charge on any atom is 0.184 e. The molecule has 0 N–H and O–H groups in total. The molecule has 102 valence electrons. The maximum atomic E-state index is 12.5. The molecule has 1 aromatic rings. The van der Waals surface area contributed by atoms with Gasteiger partial charge in [0.15, 0.2) is 5.78 Å². The molecular weight excluding hydrogens is 306 g/mol. The van der Waals surface area contributed by atoms with Gasteiger partial charge in [0.05, 0.1) is 5.60 Å². The minimum Gasteiger partial charge on any atom is -0.375 e. The lowest BCUT2D eigenvalue weighted by Gasteiger charge is -2.37. The van der Waals surface area contributed by atoms with Gasteiger partial charge in [-0.15, -0.1) is 0 Å². The number of carbonyl (C=O) groups excluding carboxylic acids is 1. The topological polar surface area (TPSA) is 39.2 Å². The zero-order chi connectivity index (χ0) is 13.3. The van der Waals surface area contributed by atoms with Crippen LogP contribution in [0.4, 0.5) is 0 Å². The van der Waals surface area contributed by atoms with Crippen LogP contribution in [0.25, 0.3) is 0 Å². The van der Waals surface area contributed by atoms with Crippen molar-refractivity contribution in [1.29, 1.82) is 0 Å². The van der Waals surface area contributed by atoms with Crippen molar-refractivity contribution >= 4 is 21.7 Å². The molecule has 0 aromatic carbocycles. The van der Waals surface area contributed by atoms with Crippen LogP contribution in [0.5, 0.6) is 0 Å². The average molecular weight is 324 g/mol. The molecule has 2 heterocycles. The Hall–Kier alpha value is -0.740. The molecule has 1 atom stereocenters. The summed E-state index contributed by atoms with van der Waals surface area (Å²) in [6, 6.07) is 3.69. The van der Waals surface area contributed by atoms with Gasteiger partial charge in [0.2, 0.25) is 0 Å². The van der Waals surface area contributed by atoms with Crippen LogP contribution >= 0.6 is 15.9 Å². The smallest absolute Gasteiger partial charge is 0.184 e. The first-order valence-corrected chi connectivity index (χ1v) is 7.78. The minimum atomic E-state index is -0.00601. The third-order valence-corrected chi connectivity index (χ3v) is 4.83. The molecule has 0 radical (unpaired) electrons. The summed E-state index contributed by atoms with van der Waals surface area (Å²) in [5.41, 5.74) is 0.580. The number of halogens is 1. The first kappa shape index (κ1) is 13.3. The van der Waals surface area contributed by atoms with Gasteiger partial charge >= 0.3 is 0 Å². The summed E-state index contributed by atoms with van der Waals surface area (Å²) in [5, 5.41) is 0. The fourth-order valence-electron chi connectivity index (χ4n) is 3.35. The Morgan fingerprint density at radius 1 is 1.37 bits per heavy atom. The van der Waals surface area contributed by atoms with Crippen molar-refractivity contribution in [3.05, 3.63) is 28.5 Å². The molecule has 2 aliphatic rings. The molecule has 19 heavy (non-hydrogen) atoms. The summed E-state index contributed by atoms with van der Waals surface area (Å²) in [7, 11) is 0. The Labute approximate surface area is 121 Å². The largest absolute Gasteiger partial charge is 0.375 e. The molecule has 1 aliphatic heterocycles. The lowest BCUT2D eigenvalue weighted by Crippen LogP contribution is -2.39. The molecule has 1 spiro atoms. The molecule has 1 saturated heterocycles. The number of ketones is 1. The van der Waals surface area contributed by atoms with E-state index in [9.17, 15) is 4.79 Å². The lowest BCUT2D eigenvalue weighted by atomic mass is 9.81. The molecule has 4 heteroatoms. The number of hydrogen-bond donors (Lipinski definition) is 0. The summed E-state index contributed by atoms with van der Waals surface area (Å²) < 4.78 is 6.89. The number of ether oxygens (including phenoxy) is 1. The van der Waals surface area contributed by atoms with E-state index in [1.165, 1.54) is 12.8 Å². The van der Waals surface area contributed by atoms with Crippen LogP contribution in [-0.2, 0) is 4.74 Å². The first-order chi connectivity index (χ1) is 9.19. The highest BCUT2D eigenvalue weighted by atomic mass is 79.9. The predicted molar refractivity (Wildman–Crippen MR) is 76.1 cm³/mol. The summed E-state index contributed by atoms with van der Waals surface area (Å²) in [6.07, 6.45) is 8.10. The van der Waals surface area contributed by atoms with E-state index in [1.807, 2.05) is 12.1 Å². The van der Waals surface area contributed by atoms with Crippen LogP contribution in [0.3, 0.4) is 0 Å². The van der Waals surface area contributed by atoms with Gasteiger partial charge < -0.3 is 4.74 Å². The molecule has 1 aromatic heterocycles. The van der Waals surface area contributed by atoms with E-state index in [-0.39, 0.29) is 17.3 Å². The minimum absolute atomic E-state index is 0.00601. The van der Waals surface area contributed by atoms with Gasteiger partial charge in [-0.05, 0) is 53.7 Å². The second-order valence-corrected chi connectivity index (χ2v) is 6.57. The molecule has 0 amide bonds. The normalized spacial score (nSPS) is 25.6. The second-order valence-electron chi connectivity index (χ2n) is 5.65. The Morgan fingerprint density at radius 2 is 2.16 bits per heavy atom. The second kappa shape index (κ2) is 5.33.